The van der Waals surface area contributed by atoms with E-state index < -0.39 is 10.9 Å². The predicted octanol–water partition coefficient (Wildman–Crippen LogP) is 2.46. The molecule has 0 unspecified atom stereocenters. The first kappa shape index (κ1) is 13.2. The summed E-state index contributed by atoms with van der Waals surface area (Å²) in [6, 6.07) is 2.51. The van der Waals surface area contributed by atoms with Crippen molar-refractivity contribution in [3.05, 3.63) is 38.4 Å². The number of carbonyl (C=O) groups is 1. The molecular weight excluding hydrogens is 294 g/mol. The summed E-state index contributed by atoms with van der Waals surface area (Å²) in [5, 5.41) is 19.2. The van der Waals surface area contributed by atoms with Gasteiger partial charge in [0.1, 0.15) is 5.75 Å². The molecule has 17 heavy (non-hydrogen) atoms. The number of ether oxygens (including phenoxy) is 1. The third-order valence-corrected chi connectivity index (χ3v) is 2.74. The second-order valence-corrected chi connectivity index (χ2v) is 3.77. The zero-order valence-corrected chi connectivity index (χ0v) is 10.3. The number of nitro benzene ring substituents is 1. The highest BCUT2D eigenvalue weighted by Gasteiger charge is 2.14. The molecule has 0 spiro atoms. The van der Waals surface area contributed by atoms with E-state index in [1.54, 1.807) is 0 Å². The highest BCUT2D eigenvalue weighted by atomic mass is 79.9. The number of carboxylic acid groups (broad SMARTS) is 1. The van der Waals surface area contributed by atoms with E-state index in [2.05, 4.69) is 15.9 Å². The Kier molecular flexibility index (Phi) is 4.22. The van der Waals surface area contributed by atoms with E-state index in [1.807, 2.05) is 0 Å². The van der Waals surface area contributed by atoms with Gasteiger partial charge in [-0.1, -0.05) is 0 Å². The minimum Gasteiger partial charge on any atom is -0.495 e. The first-order valence-corrected chi connectivity index (χ1v) is 5.18. The quantitative estimate of drug-likeness (QED) is 0.524. The number of hydrogen-bond acceptors (Lipinski definition) is 4. The fourth-order valence-corrected chi connectivity index (χ4v) is 1.66. The molecule has 0 bridgehead atoms. The molecule has 0 aromatic heterocycles. The van der Waals surface area contributed by atoms with Crippen molar-refractivity contribution in [2.75, 3.05) is 7.11 Å². The third-order valence-electron chi connectivity index (χ3n) is 1.89. The zero-order valence-electron chi connectivity index (χ0n) is 8.71. The molecular formula is C10H8BrNO5. The summed E-state index contributed by atoms with van der Waals surface area (Å²) in [6.45, 7) is 0. The van der Waals surface area contributed by atoms with Crippen LogP contribution < -0.4 is 4.74 Å². The van der Waals surface area contributed by atoms with Crippen LogP contribution in [0.5, 0.6) is 5.75 Å². The Morgan fingerprint density at radius 2 is 2.24 bits per heavy atom. The fourth-order valence-electron chi connectivity index (χ4n) is 1.14. The Labute approximate surface area is 105 Å². The van der Waals surface area contributed by atoms with Crippen molar-refractivity contribution < 1.29 is 19.6 Å². The minimum absolute atomic E-state index is 0.171. The molecule has 0 fully saturated rings. The van der Waals surface area contributed by atoms with Crippen LogP contribution in [-0.4, -0.2) is 23.1 Å². The summed E-state index contributed by atoms with van der Waals surface area (Å²) in [6.07, 6.45) is 2.14. The van der Waals surface area contributed by atoms with E-state index in [4.69, 9.17) is 9.84 Å². The number of halogens is 1. The third kappa shape index (κ3) is 3.28. The number of methoxy groups -OCH3 is 1. The highest BCUT2D eigenvalue weighted by Crippen LogP contribution is 2.33. The van der Waals surface area contributed by atoms with Gasteiger partial charge in [0.25, 0.3) is 5.69 Å². The van der Waals surface area contributed by atoms with Crippen molar-refractivity contribution in [2.45, 2.75) is 0 Å². The smallest absolute Gasteiger partial charge is 0.328 e. The maximum Gasteiger partial charge on any atom is 0.328 e. The molecule has 0 aliphatic carbocycles. The number of benzene rings is 1. The standard InChI is InChI=1S/C10H8BrNO5/c1-17-8-5-7(12(15)16)4-6(10(8)11)2-3-9(13)14/h2-5H,1H3,(H,13,14)/b3-2+. The Morgan fingerprint density at radius 3 is 2.71 bits per heavy atom. The van der Waals surface area contributed by atoms with Gasteiger partial charge >= 0.3 is 5.97 Å². The Bertz CT molecular complexity index is 498. The van der Waals surface area contributed by atoms with Crippen molar-refractivity contribution >= 4 is 33.7 Å². The average molecular weight is 302 g/mol. The van der Waals surface area contributed by atoms with Crippen LogP contribution in [0.25, 0.3) is 6.08 Å². The maximum absolute atomic E-state index is 10.7. The molecule has 0 saturated carbocycles. The van der Waals surface area contributed by atoms with Gasteiger partial charge in [0.15, 0.2) is 0 Å². The van der Waals surface area contributed by atoms with Gasteiger partial charge in [0.05, 0.1) is 22.6 Å². The van der Waals surface area contributed by atoms with E-state index in [0.29, 0.717) is 10.0 Å². The van der Waals surface area contributed by atoms with Crippen molar-refractivity contribution in [3.63, 3.8) is 0 Å². The molecule has 1 aromatic rings. The van der Waals surface area contributed by atoms with Crippen molar-refractivity contribution in [1.29, 1.82) is 0 Å². The lowest BCUT2D eigenvalue weighted by Crippen LogP contribution is -1.94. The first-order valence-electron chi connectivity index (χ1n) is 4.38. The number of aliphatic carboxylic acids is 1. The molecule has 0 atom stereocenters. The van der Waals surface area contributed by atoms with Crippen LogP contribution in [0.15, 0.2) is 22.7 Å². The second kappa shape index (κ2) is 5.44. The number of carboxylic acids is 1. The normalized spacial score (nSPS) is 10.5. The van der Waals surface area contributed by atoms with Crippen LogP contribution in [0.2, 0.25) is 0 Å². The number of nitro groups is 1. The van der Waals surface area contributed by atoms with Crippen LogP contribution in [0, 0.1) is 10.1 Å². The molecule has 0 radical (unpaired) electrons. The van der Waals surface area contributed by atoms with Crippen LogP contribution in [-0.2, 0) is 4.79 Å². The highest BCUT2D eigenvalue weighted by molar-refractivity contribution is 9.10. The van der Waals surface area contributed by atoms with Crippen molar-refractivity contribution in [1.82, 2.24) is 0 Å². The topological polar surface area (TPSA) is 89.7 Å². The Morgan fingerprint density at radius 1 is 1.59 bits per heavy atom. The summed E-state index contributed by atoms with van der Waals surface area (Å²) >= 11 is 3.18. The molecule has 1 N–H and O–H groups in total. The van der Waals surface area contributed by atoms with Crippen LogP contribution in [0.1, 0.15) is 5.56 Å². The van der Waals surface area contributed by atoms with Gasteiger partial charge in [-0.15, -0.1) is 0 Å². The van der Waals surface area contributed by atoms with E-state index >= 15 is 0 Å². The lowest BCUT2D eigenvalue weighted by Gasteiger charge is -2.05. The molecule has 0 amide bonds. The van der Waals surface area contributed by atoms with E-state index in [1.165, 1.54) is 25.3 Å². The van der Waals surface area contributed by atoms with Gasteiger partial charge in [0, 0.05) is 12.1 Å². The number of non-ortho nitro benzene ring substituents is 1. The lowest BCUT2D eigenvalue weighted by molar-refractivity contribution is -0.385. The lowest BCUT2D eigenvalue weighted by atomic mass is 10.1. The zero-order chi connectivity index (χ0) is 13.0. The van der Waals surface area contributed by atoms with Gasteiger partial charge in [-0.25, -0.2) is 4.79 Å². The number of hydrogen-bond donors (Lipinski definition) is 1. The van der Waals surface area contributed by atoms with Crippen LogP contribution in [0.3, 0.4) is 0 Å². The Balaban J connectivity index is 3.32. The molecule has 0 heterocycles. The Hall–Kier alpha value is -1.89. The van der Waals surface area contributed by atoms with Gasteiger partial charge in [-0.3, -0.25) is 10.1 Å². The number of nitrogens with zero attached hydrogens (tertiary/aromatic N) is 1. The minimum atomic E-state index is -1.14. The van der Waals surface area contributed by atoms with E-state index in [9.17, 15) is 14.9 Å². The predicted molar refractivity (Wildman–Crippen MR) is 64.0 cm³/mol. The van der Waals surface area contributed by atoms with Crippen LogP contribution in [0.4, 0.5) is 5.69 Å². The number of rotatable bonds is 4. The summed E-state index contributed by atoms with van der Waals surface area (Å²) in [5.41, 5.74) is 0.188. The molecule has 0 saturated heterocycles. The van der Waals surface area contributed by atoms with Gasteiger partial charge in [0.2, 0.25) is 0 Å². The molecule has 1 aromatic carbocycles. The van der Waals surface area contributed by atoms with Gasteiger partial charge in [-0.05, 0) is 27.6 Å². The van der Waals surface area contributed by atoms with Crippen molar-refractivity contribution in [3.8, 4) is 5.75 Å². The molecule has 6 nitrogen and oxygen atoms in total. The van der Waals surface area contributed by atoms with Crippen molar-refractivity contribution in [2.24, 2.45) is 0 Å². The summed E-state index contributed by atoms with van der Waals surface area (Å²) in [7, 11) is 1.37. The summed E-state index contributed by atoms with van der Waals surface area (Å²) in [4.78, 5) is 20.5. The maximum atomic E-state index is 10.7. The van der Waals surface area contributed by atoms with E-state index in [-0.39, 0.29) is 11.4 Å². The second-order valence-electron chi connectivity index (χ2n) is 2.98. The van der Waals surface area contributed by atoms with Crippen LogP contribution >= 0.6 is 15.9 Å². The summed E-state index contributed by atoms with van der Waals surface area (Å²) in [5.74, 6) is -0.869. The first-order chi connectivity index (χ1) is 7.95. The fraction of sp³-hybridized carbons (Fsp3) is 0.100. The SMILES string of the molecule is COc1cc([N+](=O)[O-])cc(/C=C/C(=O)O)c1Br. The van der Waals surface area contributed by atoms with E-state index in [0.717, 1.165) is 6.08 Å². The van der Waals surface area contributed by atoms with Gasteiger partial charge < -0.3 is 9.84 Å². The average Bonchev–Trinajstić information content (AvgIpc) is 2.27. The molecule has 1 rings (SSSR count). The summed E-state index contributed by atoms with van der Waals surface area (Å²) < 4.78 is 5.41. The molecule has 0 aliphatic heterocycles. The molecule has 7 heteroatoms. The van der Waals surface area contributed by atoms with Gasteiger partial charge in [-0.2, -0.15) is 0 Å². The molecule has 0 aliphatic rings. The largest absolute Gasteiger partial charge is 0.495 e. The monoisotopic (exact) mass is 301 g/mol. The molecule has 90 valence electrons.